The molecule has 1 saturated heterocycles. The van der Waals surface area contributed by atoms with Crippen LogP contribution in [0.1, 0.15) is 19.8 Å². The molecule has 0 aliphatic carbocycles. The van der Waals surface area contributed by atoms with E-state index >= 15 is 0 Å². The number of hydrogen-bond acceptors (Lipinski definition) is 4. The molecule has 20 heavy (non-hydrogen) atoms. The van der Waals surface area contributed by atoms with E-state index < -0.39 is 18.1 Å². The molecule has 6 heteroatoms. The zero-order chi connectivity index (χ0) is 14.6. The first kappa shape index (κ1) is 14.3. The van der Waals surface area contributed by atoms with Gasteiger partial charge in [0.05, 0.1) is 11.2 Å². The van der Waals surface area contributed by atoms with Gasteiger partial charge in [-0.1, -0.05) is 12.1 Å². The van der Waals surface area contributed by atoms with Crippen LogP contribution in [0.25, 0.3) is 0 Å². The average Bonchev–Trinajstić information content (AvgIpc) is 2.86. The van der Waals surface area contributed by atoms with Gasteiger partial charge < -0.3 is 20.5 Å². The van der Waals surface area contributed by atoms with Crippen molar-refractivity contribution < 1.29 is 19.4 Å². The van der Waals surface area contributed by atoms with Gasteiger partial charge in [0.1, 0.15) is 5.75 Å². The minimum atomic E-state index is -1.06. The number of nitrogens with one attached hydrogen (secondary N) is 2. The fraction of sp³-hybridized carbons (Fsp3) is 0.429. The molecule has 1 aliphatic rings. The summed E-state index contributed by atoms with van der Waals surface area (Å²) in [6, 6.07) is 6.80. The first-order chi connectivity index (χ1) is 9.51. The summed E-state index contributed by atoms with van der Waals surface area (Å²) in [6.07, 6.45) is 1.73. The molecule has 1 aromatic rings. The number of para-hydroxylation sites is 2. The van der Waals surface area contributed by atoms with Crippen molar-refractivity contribution >= 4 is 17.6 Å². The second-order valence-electron chi connectivity index (χ2n) is 5.00. The lowest BCUT2D eigenvalue weighted by Gasteiger charge is -2.23. The van der Waals surface area contributed by atoms with Gasteiger partial charge in [-0.05, 0) is 38.4 Å². The van der Waals surface area contributed by atoms with Crippen molar-refractivity contribution in [3.8, 4) is 5.75 Å². The molecule has 0 radical (unpaired) electrons. The van der Waals surface area contributed by atoms with Gasteiger partial charge in [0.25, 0.3) is 0 Å². The number of ether oxygens (including phenoxy) is 1. The van der Waals surface area contributed by atoms with E-state index in [0.717, 1.165) is 19.4 Å². The zero-order valence-corrected chi connectivity index (χ0v) is 11.3. The topological polar surface area (TPSA) is 87.7 Å². The third kappa shape index (κ3) is 3.27. The zero-order valence-electron chi connectivity index (χ0n) is 11.3. The molecule has 1 fully saturated rings. The normalized spacial score (nSPS) is 21.4. The number of anilines is 1. The molecule has 2 rings (SSSR count). The van der Waals surface area contributed by atoms with Crippen LogP contribution in [0.5, 0.6) is 5.75 Å². The third-order valence-electron chi connectivity index (χ3n) is 3.36. The maximum Gasteiger partial charge on any atom is 0.341 e. The van der Waals surface area contributed by atoms with Crippen molar-refractivity contribution in [1.82, 2.24) is 5.32 Å². The molecule has 1 aliphatic heterocycles. The lowest BCUT2D eigenvalue weighted by atomic mass is 9.99. The molecule has 1 heterocycles. The number of aliphatic carboxylic acids is 1. The van der Waals surface area contributed by atoms with Gasteiger partial charge in [-0.3, -0.25) is 4.79 Å². The van der Waals surface area contributed by atoms with E-state index in [-0.39, 0.29) is 5.91 Å². The Morgan fingerprint density at radius 2 is 2.20 bits per heavy atom. The van der Waals surface area contributed by atoms with Crippen molar-refractivity contribution in [1.29, 1.82) is 0 Å². The number of benzene rings is 1. The maximum atomic E-state index is 12.3. The Morgan fingerprint density at radius 3 is 2.85 bits per heavy atom. The Hall–Kier alpha value is -2.08. The largest absolute Gasteiger partial charge is 0.480 e. The molecule has 0 bridgehead atoms. The Morgan fingerprint density at radius 1 is 1.45 bits per heavy atom. The van der Waals surface area contributed by atoms with Crippen LogP contribution in [0.2, 0.25) is 0 Å². The predicted octanol–water partition coefficient (Wildman–Crippen LogP) is 1.23. The number of carbonyl (C=O) groups excluding carboxylic acids is 1. The fourth-order valence-electron chi connectivity index (χ4n) is 2.18. The second-order valence-corrected chi connectivity index (χ2v) is 5.00. The van der Waals surface area contributed by atoms with Gasteiger partial charge in [-0.15, -0.1) is 0 Å². The van der Waals surface area contributed by atoms with Crippen LogP contribution in [0.15, 0.2) is 24.3 Å². The van der Waals surface area contributed by atoms with Gasteiger partial charge in [0.15, 0.2) is 6.61 Å². The van der Waals surface area contributed by atoms with Gasteiger partial charge >= 0.3 is 5.97 Å². The van der Waals surface area contributed by atoms with Crippen LogP contribution < -0.4 is 15.4 Å². The maximum absolute atomic E-state index is 12.3. The first-order valence-electron chi connectivity index (χ1n) is 6.51. The summed E-state index contributed by atoms with van der Waals surface area (Å²) in [5, 5.41) is 14.6. The molecule has 3 N–H and O–H groups in total. The summed E-state index contributed by atoms with van der Waals surface area (Å²) in [4.78, 5) is 22.8. The number of carboxylic acid groups (broad SMARTS) is 1. The summed E-state index contributed by atoms with van der Waals surface area (Å²) in [6.45, 7) is 2.24. The molecule has 1 unspecified atom stereocenters. The van der Waals surface area contributed by atoms with Crippen LogP contribution >= 0.6 is 0 Å². The van der Waals surface area contributed by atoms with Crippen molar-refractivity contribution in [2.45, 2.75) is 25.3 Å². The Balaban J connectivity index is 2.08. The summed E-state index contributed by atoms with van der Waals surface area (Å²) in [5.41, 5.74) is -0.103. The van der Waals surface area contributed by atoms with Crippen LogP contribution in [-0.4, -0.2) is 35.7 Å². The molecule has 1 atom stereocenters. The average molecular weight is 278 g/mol. The van der Waals surface area contributed by atoms with Crippen molar-refractivity contribution in [3.05, 3.63) is 24.3 Å². The second kappa shape index (κ2) is 5.92. The number of carboxylic acids is 1. The molecule has 108 valence electrons. The van der Waals surface area contributed by atoms with Crippen molar-refractivity contribution in [2.24, 2.45) is 0 Å². The Labute approximate surface area is 117 Å². The molecule has 6 nitrogen and oxygen atoms in total. The van der Waals surface area contributed by atoms with E-state index in [1.165, 1.54) is 0 Å². The summed E-state index contributed by atoms with van der Waals surface area (Å²) < 4.78 is 5.16. The molecular formula is C14H18N2O4. The quantitative estimate of drug-likeness (QED) is 0.754. The number of rotatable bonds is 5. The number of carbonyl (C=O) groups is 2. The van der Waals surface area contributed by atoms with Gasteiger partial charge in [-0.2, -0.15) is 0 Å². The van der Waals surface area contributed by atoms with Crippen LogP contribution in [0, 0.1) is 0 Å². The predicted molar refractivity (Wildman–Crippen MR) is 73.8 cm³/mol. The fourth-order valence-corrected chi connectivity index (χ4v) is 2.18. The Bertz CT molecular complexity index is 510. The minimum absolute atomic E-state index is 0.138. The number of amides is 1. The molecular weight excluding hydrogens is 260 g/mol. The lowest BCUT2D eigenvalue weighted by molar-refractivity contribution is -0.139. The Kier molecular flexibility index (Phi) is 4.24. The van der Waals surface area contributed by atoms with Gasteiger partial charge in [0.2, 0.25) is 5.91 Å². The lowest BCUT2D eigenvalue weighted by Crippen LogP contribution is -2.48. The molecule has 0 aromatic heterocycles. The first-order valence-corrected chi connectivity index (χ1v) is 6.51. The van der Waals surface area contributed by atoms with Crippen molar-refractivity contribution in [2.75, 3.05) is 18.5 Å². The van der Waals surface area contributed by atoms with E-state index in [9.17, 15) is 9.59 Å². The van der Waals surface area contributed by atoms with E-state index in [0.29, 0.717) is 11.4 Å². The van der Waals surface area contributed by atoms with Crippen LogP contribution in [0.4, 0.5) is 5.69 Å². The summed E-state index contributed by atoms with van der Waals surface area (Å²) >= 11 is 0. The highest BCUT2D eigenvalue weighted by atomic mass is 16.5. The van der Waals surface area contributed by atoms with E-state index in [2.05, 4.69) is 10.6 Å². The number of hydrogen-bond donors (Lipinski definition) is 3. The van der Waals surface area contributed by atoms with Crippen LogP contribution in [0.3, 0.4) is 0 Å². The van der Waals surface area contributed by atoms with Crippen LogP contribution in [-0.2, 0) is 9.59 Å². The standard InChI is InChI=1S/C14H18N2O4/c1-14(7-4-8-15-14)13(19)16-10-5-2-3-6-11(10)20-9-12(17)18/h2-3,5-6,15H,4,7-9H2,1H3,(H,16,19)(H,17,18). The monoisotopic (exact) mass is 278 g/mol. The highest BCUT2D eigenvalue weighted by Gasteiger charge is 2.36. The summed E-state index contributed by atoms with van der Waals surface area (Å²) in [5.74, 6) is -0.846. The van der Waals surface area contributed by atoms with E-state index in [1.54, 1.807) is 24.3 Å². The molecule has 0 spiro atoms. The SMILES string of the molecule is CC1(C(=O)Nc2ccccc2OCC(=O)O)CCCN1. The molecule has 0 saturated carbocycles. The highest BCUT2D eigenvalue weighted by molar-refractivity contribution is 5.99. The molecule has 1 aromatic carbocycles. The molecule has 1 amide bonds. The summed E-state index contributed by atoms with van der Waals surface area (Å²) in [7, 11) is 0. The van der Waals surface area contributed by atoms with E-state index in [4.69, 9.17) is 9.84 Å². The third-order valence-corrected chi connectivity index (χ3v) is 3.36. The van der Waals surface area contributed by atoms with Gasteiger partial charge in [-0.25, -0.2) is 4.79 Å². The van der Waals surface area contributed by atoms with Crippen molar-refractivity contribution in [3.63, 3.8) is 0 Å². The highest BCUT2D eigenvalue weighted by Crippen LogP contribution is 2.26. The van der Waals surface area contributed by atoms with Gasteiger partial charge in [0, 0.05) is 0 Å². The minimum Gasteiger partial charge on any atom is -0.480 e. The smallest absolute Gasteiger partial charge is 0.341 e. The van der Waals surface area contributed by atoms with E-state index in [1.807, 2.05) is 6.92 Å².